The number of carbonyl (C=O) groups is 1. The zero-order valence-corrected chi connectivity index (χ0v) is 10.9. The average Bonchev–Trinajstić information content (AvgIpc) is 2.34. The third-order valence-electron chi connectivity index (χ3n) is 2.86. The molecule has 0 spiro atoms. The molecule has 0 fully saturated rings. The van der Waals surface area contributed by atoms with E-state index in [1.165, 1.54) is 23.1 Å². The summed E-state index contributed by atoms with van der Waals surface area (Å²) < 4.78 is 38.5. The van der Waals surface area contributed by atoms with Gasteiger partial charge in [0.05, 0.1) is 11.5 Å². The third-order valence-corrected chi connectivity index (χ3v) is 2.86. The summed E-state index contributed by atoms with van der Waals surface area (Å²) in [5.74, 6) is -0.905. The molecule has 0 bridgehead atoms. The lowest BCUT2D eigenvalue weighted by molar-refractivity contribution is -0.139. The lowest BCUT2D eigenvalue weighted by Crippen LogP contribution is -2.35. The molecule has 3 nitrogen and oxygen atoms in total. The van der Waals surface area contributed by atoms with Gasteiger partial charge >= 0.3 is 6.18 Å². The summed E-state index contributed by atoms with van der Waals surface area (Å²) in [4.78, 5) is 13.1. The van der Waals surface area contributed by atoms with Crippen molar-refractivity contribution in [3.8, 4) is 0 Å². The molecule has 1 aromatic rings. The quantitative estimate of drug-likeness (QED) is 0.911. The first-order chi connectivity index (χ1) is 8.77. The van der Waals surface area contributed by atoms with E-state index in [9.17, 15) is 18.0 Å². The maximum atomic E-state index is 12.8. The van der Waals surface area contributed by atoms with Crippen LogP contribution in [0.4, 0.5) is 13.2 Å². The van der Waals surface area contributed by atoms with Gasteiger partial charge in [0.15, 0.2) is 0 Å². The minimum Gasteiger partial charge on any atom is -0.349 e. The summed E-state index contributed by atoms with van der Waals surface area (Å²) in [6, 6.07) is 5.26. The molecule has 0 aromatic heterocycles. The van der Waals surface area contributed by atoms with Crippen molar-refractivity contribution in [1.82, 2.24) is 4.90 Å². The Hall–Kier alpha value is -1.56. The van der Waals surface area contributed by atoms with Crippen LogP contribution in [0.1, 0.15) is 11.1 Å². The van der Waals surface area contributed by atoms with Crippen LogP contribution in [-0.4, -0.2) is 31.4 Å². The highest BCUT2D eigenvalue weighted by atomic mass is 19.4. The number of nitrogens with zero attached hydrogens (tertiary/aromatic N) is 1. The Morgan fingerprint density at radius 1 is 1.32 bits per heavy atom. The van der Waals surface area contributed by atoms with Gasteiger partial charge < -0.3 is 10.6 Å². The van der Waals surface area contributed by atoms with E-state index in [4.69, 9.17) is 5.73 Å². The molecule has 1 atom stereocenters. The molecule has 1 rings (SSSR count). The van der Waals surface area contributed by atoms with Crippen molar-refractivity contribution in [2.45, 2.75) is 12.6 Å². The van der Waals surface area contributed by atoms with Gasteiger partial charge in [0.25, 0.3) is 0 Å². The molecule has 0 saturated carbocycles. The van der Waals surface area contributed by atoms with Gasteiger partial charge in [-0.1, -0.05) is 18.2 Å². The Morgan fingerprint density at radius 3 is 2.37 bits per heavy atom. The van der Waals surface area contributed by atoms with Crippen LogP contribution in [0.2, 0.25) is 0 Å². The highest BCUT2D eigenvalue weighted by Crippen LogP contribution is 2.32. The van der Waals surface area contributed by atoms with Gasteiger partial charge in [-0.05, 0) is 18.1 Å². The largest absolute Gasteiger partial charge is 0.416 e. The molecule has 106 valence electrons. The van der Waals surface area contributed by atoms with Gasteiger partial charge in [0, 0.05) is 20.6 Å². The molecule has 0 saturated heterocycles. The second-order valence-corrected chi connectivity index (χ2v) is 4.52. The summed E-state index contributed by atoms with van der Waals surface area (Å²) in [6.07, 6.45) is -4.43. The maximum absolute atomic E-state index is 12.8. The number of hydrogen-bond donors (Lipinski definition) is 1. The van der Waals surface area contributed by atoms with Crippen molar-refractivity contribution >= 4 is 5.91 Å². The zero-order valence-electron chi connectivity index (χ0n) is 10.9. The van der Waals surface area contributed by atoms with Crippen molar-refractivity contribution in [1.29, 1.82) is 0 Å². The molecule has 1 aromatic carbocycles. The van der Waals surface area contributed by atoms with Crippen molar-refractivity contribution < 1.29 is 18.0 Å². The first-order valence-corrected chi connectivity index (χ1v) is 5.83. The van der Waals surface area contributed by atoms with E-state index >= 15 is 0 Å². The SMILES string of the molecule is CN(C)C(=O)C(CN)Cc1ccccc1C(F)(F)F. The van der Waals surface area contributed by atoms with Crippen LogP contribution in [-0.2, 0) is 17.4 Å². The molecule has 0 aliphatic heterocycles. The summed E-state index contributed by atoms with van der Waals surface area (Å²) >= 11 is 0. The molecule has 6 heteroatoms. The Labute approximate surface area is 110 Å². The first-order valence-electron chi connectivity index (χ1n) is 5.83. The van der Waals surface area contributed by atoms with Crippen LogP contribution in [0, 0.1) is 5.92 Å². The molecule has 2 N–H and O–H groups in total. The fourth-order valence-electron chi connectivity index (χ4n) is 1.88. The van der Waals surface area contributed by atoms with Gasteiger partial charge in [0.2, 0.25) is 5.91 Å². The minimum atomic E-state index is -4.42. The van der Waals surface area contributed by atoms with E-state index in [1.54, 1.807) is 14.1 Å². The summed E-state index contributed by atoms with van der Waals surface area (Å²) in [5.41, 5.74) is 4.88. The van der Waals surface area contributed by atoms with Crippen LogP contribution in [0.3, 0.4) is 0 Å². The van der Waals surface area contributed by atoms with Crippen molar-refractivity contribution in [2.24, 2.45) is 11.7 Å². The molecule has 19 heavy (non-hydrogen) atoms. The highest BCUT2D eigenvalue weighted by Gasteiger charge is 2.34. The molecule has 1 unspecified atom stereocenters. The predicted octanol–water partition coefficient (Wildman–Crippen LogP) is 1.91. The van der Waals surface area contributed by atoms with Gasteiger partial charge in [-0.25, -0.2) is 0 Å². The summed E-state index contributed by atoms with van der Waals surface area (Å²) in [7, 11) is 3.11. The molecular weight excluding hydrogens is 257 g/mol. The van der Waals surface area contributed by atoms with Crippen LogP contribution >= 0.6 is 0 Å². The van der Waals surface area contributed by atoms with Gasteiger partial charge in [-0.3, -0.25) is 4.79 Å². The fraction of sp³-hybridized carbons (Fsp3) is 0.462. The normalized spacial score (nSPS) is 13.2. The minimum absolute atomic E-state index is 0.0107. The summed E-state index contributed by atoms with van der Waals surface area (Å²) in [6.45, 7) is 0.0171. The Balaban J connectivity index is 3.02. The average molecular weight is 274 g/mol. The van der Waals surface area contributed by atoms with Crippen LogP contribution in [0.5, 0.6) is 0 Å². The van der Waals surface area contributed by atoms with Gasteiger partial charge in [-0.15, -0.1) is 0 Å². The summed E-state index contributed by atoms with van der Waals surface area (Å²) in [5, 5.41) is 0. The number of nitrogens with two attached hydrogens (primary N) is 1. The predicted molar refractivity (Wildman–Crippen MR) is 66.4 cm³/mol. The van der Waals surface area contributed by atoms with Gasteiger partial charge in [-0.2, -0.15) is 13.2 Å². The number of carbonyl (C=O) groups excluding carboxylic acids is 1. The molecule has 0 aliphatic carbocycles. The molecular formula is C13H17F3N2O. The molecule has 0 heterocycles. The second-order valence-electron chi connectivity index (χ2n) is 4.52. The fourth-order valence-corrected chi connectivity index (χ4v) is 1.88. The standard InChI is InChI=1S/C13H17F3N2O/c1-18(2)12(19)10(8-17)7-9-5-3-4-6-11(9)13(14,15)16/h3-6,10H,7-8,17H2,1-2H3. The van der Waals surface area contributed by atoms with Crippen LogP contribution in [0.25, 0.3) is 0 Å². The number of rotatable bonds is 4. The topological polar surface area (TPSA) is 46.3 Å². The van der Waals surface area contributed by atoms with E-state index in [2.05, 4.69) is 0 Å². The smallest absolute Gasteiger partial charge is 0.349 e. The molecule has 0 radical (unpaired) electrons. The Bertz CT molecular complexity index is 444. The van der Waals surface area contributed by atoms with Gasteiger partial charge in [0.1, 0.15) is 0 Å². The Morgan fingerprint density at radius 2 is 1.89 bits per heavy atom. The number of alkyl halides is 3. The highest BCUT2D eigenvalue weighted by molar-refractivity contribution is 5.78. The monoisotopic (exact) mass is 274 g/mol. The number of halogens is 3. The number of hydrogen-bond acceptors (Lipinski definition) is 2. The lowest BCUT2D eigenvalue weighted by Gasteiger charge is -2.21. The van der Waals surface area contributed by atoms with E-state index in [1.807, 2.05) is 0 Å². The van der Waals surface area contributed by atoms with Crippen molar-refractivity contribution in [3.05, 3.63) is 35.4 Å². The zero-order chi connectivity index (χ0) is 14.6. The molecule has 0 aliphatic rings. The maximum Gasteiger partial charge on any atom is 0.416 e. The number of benzene rings is 1. The van der Waals surface area contributed by atoms with Crippen molar-refractivity contribution in [3.63, 3.8) is 0 Å². The van der Waals surface area contributed by atoms with Crippen molar-refractivity contribution in [2.75, 3.05) is 20.6 Å². The van der Waals surface area contributed by atoms with Crippen LogP contribution < -0.4 is 5.73 Å². The van der Waals surface area contributed by atoms with E-state index in [-0.39, 0.29) is 24.4 Å². The molecule has 1 amide bonds. The second kappa shape index (κ2) is 6.06. The number of amides is 1. The van der Waals surface area contributed by atoms with E-state index < -0.39 is 17.7 Å². The lowest BCUT2D eigenvalue weighted by atomic mass is 9.94. The van der Waals surface area contributed by atoms with Crippen LogP contribution in [0.15, 0.2) is 24.3 Å². The van der Waals surface area contributed by atoms with E-state index in [0.717, 1.165) is 6.07 Å². The van der Waals surface area contributed by atoms with E-state index in [0.29, 0.717) is 0 Å². The first kappa shape index (κ1) is 15.5. The third kappa shape index (κ3) is 3.96. The Kier molecular flexibility index (Phi) is 4.94.